The van der Waals surface area contributed by atoms with Gasteiger partial charge in [0.15, 0.2) is 0 Å². The Kier molecular flexibility index (Phi) is 5.17. The van der Waals surface area contributed by atoms with E-state index in [-0.39, 0.29) is 31.3 Å². The first-order chi connectivity index (χ1) is 11.3. The largest absolute Gasteiger partial charge is 1.00 e. The van der Waals surface area contributed by atoms with Crippen LogP contribution in [0.15, 0.2) is 16.1 Å². The van der Waals surface area contributed by atoms with E-state index in [4.69, 9.17) is 10.2 Å². The first kappa shape index (κ1) is 18.9. The number of aromatic nitrogens is 2. The minimum Gasteiger partial charge on any atom is -0.544 e. The van der Waals surface area contributed by atoms with E-state index in [1.54, 1.807) is 13.0 Å². The predicted molar refractivity (Wildman–Crippen MR) is 68.0 cm³/mol. The molecule has 3 atom stereocenters. The Labute approximate surface area is 151 Å². The van der Waals surface area contributed by atoms with Gasteiger partial charge in [-0.1, -0.05) is 6.08 Å². The van der Waals surface area contributed by atoms with Crippen LogP contribution < -0.4 is 29.7 Å². The van der Waals surface area contributed by atoms with Gasteiger partial charge in [-0.3, -0.25) is 4.79 Å². The normalized spacial score (nSPS) is 23.1. The van der Waals surface area contributed by atoms with Crippen molar-refractivity contribution in [3.8, 4) is 0 Å². The molecule has 1 fully saturated rings. The number of nitrogens with two attached hydrogens (primary N) is 1. The van der Waals surface area contributed by atoms with Crippen LogP contribution in [0.25, 0.3) is 0 Å². The molecule has 1 aromatic heterocycles. The fourth-order valence-electron chi connectivity index (χ4n) is 2.64. The topological polar surface area (TPSA) is 155 Å². The second kappa shape index (κ2) is 6.83. The summed E-state index contributed by atoms with van der Waals surface area (Å²) >= 11 is 0. The van der Waals surface area contributed by atoms with Crippen molar-refractivity contribution in [2.45, 2.75) is 25.4 Å². The van der Waals surface area contributed by atoms with Crippen LogP contribution in [-0.2, 0) is 9.63 Å². The molecule has 3 rings (SSSR count). The van der Waals surface area contributed by atoms with Crippen LogP contribution in [0.3, 0.4) is 0 Å². The summed E-state index contributed by atoms with van der Waals surface area (Å²) in [5.74, 6) is -3.49. The molecular weight excluding hydrogens is 336 g/mol. The van der Waals surface area contributed by atoms with Crippen LogP contribution in [0.4, 0.5) is 9.18 Å². The summed E-state index contributed by atoms with van der Waals surface area (Å²) in [4.78, 5) is 39.6. The molecule has 2 aliphatic rings. The van der Waals surface area contributed by atoms with E-state index < -0.39 is 42.2 Å². The van der Waals surface area contributed by atoms with E-state index in [1.165, 1.54) is 4.90 Å². The summed E-state index contributed by atoms with van der Waals surface area (Å²) < 4.78 is 18.3. The summed E-state index contributed by atoms with van der Waals surface area (Å²) in [5.41, 5.74) is 5.63. The summed E-state index contributed by atoms with van der Waals surface area (Å²) in [6.45, 7) is 1.73. The van der Waals surface area contributed by atoms with Gasteiger partial charge in [-0.15, -0.1) is 10.2 Å². The van der Waals surface area contributed by atoms with Crippen molar-refractivity contribution in [1.82, 2.24) is 20.2 Å². The Balaban J connectivity index is 0.00000225. The number of carboxylic acid groups (broad SMARTS) is 1. The van der Waals surface area contributed by atoms with Gasteiger partial charge in [0.25, 0.3) is 6.36 Å². The summed E-state index contributed by atoms with van der Waals surface area (Å²) in [7, 11) is 0. The molecule has 0 aliphatic carbocycles. The molecule has 3 heterocycles. The SMILES string of the molecule is CC1=C[C@@H]2CN(C(=O)N2OC(F)C(=O)[O-])[C@@H]1c1nnc(C(N)=O)o1.[Li+]. The first-order valence-electron chi connectivity index (χ1n) is 6.72. The number of carbonyl (C=O) groups excluding carboxylic acids is 3. The molecule has 11 nitrogen and oxygen atoms in total. The Morgan fingerprint density at radius 1 is 1.52 bits per heavy atom. The summed E-state index contributed by atoms with van der Waals surface area (Å²) in [6, 6.07) is -2.28. The van der Waals surface area contributed by atoms with Gasteiger partial charge in [0, 0.05) is 0 Å². The number of carboxylic acids is 1. The average Bonchev–Trinajstić information content (AvgIpc) is 3.08. The number of halogens is 1. The Morgan fingerprint density at radius 3 is 2.76 bits per heavy atom. The van der Waals surface area contributed by atoms with Crippen LogP contribution in [0.1, 0.15) is 29.5 Å². The van der Waals surface area contributed by atoms with Crippen LogP contribution >= 0.6 is 0 Å². The fourth-order valence-corrected chi connectivity index (χ4v) is 2.64. The minimum absolute atomic E-state index is 0. The number of carbonyl (C=O) groups is 3. The number of nitrogens with zero attached hydrogens (tertiary/aromatic N) is 4. The molecule has 128 valence electrons. The molecule has 1 unspecified atom stereocenters. The van der Waals surface area contributed by atoms with Crippen molar-refractivity contribution in [2.75, 3.05) is 6.54 Å². The zero-order chi connectivity index (χ0) is 17.6. The van der Waals surface area contributed by atoms with E-state index in [0.717, 1.165) is 0 Å². The standard InChI is InChI=1S/C12H12FN5O6.Li/c1-4-2-5-3-17(12(22)18(5)24-7(13)11(20)21)6(4)9-15-16-10(23-9)8(14)19;/h2,5-7H,3H2,1H3,(H2,14,19)(H,20,21);/q;+1/p-1/t5-,6+,7?;/m1./s1. The fraction of sp³-hybridized carbons (Fsp3) is 0.417. The van der Waals surface area contributed by atoms with E-state index in [0.29, 0.717) is 10.6 Å². The molecule has 1 aromatic rings. The van der Waals surface area contributed by atoms with Gasteiger partial charge >= 0.3 is 36.7 Å². The third kappa shape index (κ3) is 3.23. The number of alkyl halides is 1. The molecule has 0 saturated carbocycles. The molecular formula is C12H11FLiN5O6. The van der Waals surface area contributed by atoms with Crippen molar-refractivity contribution in [1.29, 1.82) is 0 Å². The average molecular weight is 347 g/mol. The van der Waals surface area contributed by atoms with Crippen molar-refractivity contribution in [2.24, 2.45) is 5.73 Å². The predicted octanol–water partition coefficient (Wildman–Crippen LogP) is -4.74. The van der Waals surface area contributed by atoms with Crippen molar-refractivity contribution in [3.05, 3.63) is 23.4 Å². The third-order valence-corrected chi connectivity index (χ3v) is 3.59. The molecule has 3 amide bonds. The van der Waals surface area contributed by atoms with E-state index in [1.807, 2.05) is 0 Å². The van der Waals surface area contributed by atoms with Gasteiger partial charge in [-0.25, -0.2) is 14.0 Å². The third-order valence-electron chi connectivity index (χ3n) is 3.59. The molecule has 2 bridgehead atoms. The molecule has 13 heteroatoms. The molecule has 2 aliphatic heterocycles. The Bertz CT molecular complexity index is 754. The van der Waals surface area contributed by atoms with Crippen LogP contribution in [0.2, 0.25) is 0 Å². The summed E-state index contributed by atoms with van der Waals surface area (Å²) in [5, 5.41) is 18.2. The van der Waals surface area contributed by atoms with Crippen LogP contribution in [-0.4, -0.2) is 57.0 Å². The molecule has 0 radical (unpaired) electrons. The van der Waals surface area contributed by atoms with Gasteiger partial charge in [0.2, 0.25) is 5.89 Å². The number of primary amides is 1. The van der Waals surface area contributed by atoms with Gasteiger partial charge in [-0.05, 0) is 12.5 Å². The van der Waals surface area contributed by atoms with Crippen molar-refractivity contribution >= 4 is 17.9 Å². The zero-order valence-electron chi connectivity index (χ0n) is 13.2. The van der Waals surface area contributed by atoms with Crippen molar-refractivity contribution in [3.63, 3.8) is 0 Å². The van der Waals surface area contributed by atoms with E-state index in [9.17, 15) is 23.9 Å². The maximum absolute atomic E-state index is 13.2. The summed E-state index contributed by atoms with van der Waals surface area (Å²) in [6.07, 6.45) is -1.21. The number of urea groups is 1. The maximum Gasteiger partial charge on any atom is 1.00 e. The van der Waals surface area contributed by atoms with Gasteiger partial charge in [0.05, 0.1) is 12.6 Å². The second-order valence-corrected chi connectivity index (χ2v) is 5.19. The van der Waals surface area contributed by atoms with Gasteiger partial charge < -0.3 is 25.0 Å². The number of fused-ring (bicyclic) bond motifs is 2. The molecule has 0 spiro atoms. The van der Waals surface area contributed by atoms with Crippen LogP contribution in [0, 0.1) is 0 Å². The number of amides is 3. The zero-order valence-corrected chi connectivity index (χ0v) is 13.2. The quantitative estimate of drug-likeness (QED) is 0.411. The monoisotopic (exact) mass is 347 g/mol. The van der Waals surface area contributed by atoms with E-state index in [2.05, 4.69) is 15.0 Å². The maximum atomic E-state index is 13.2. The molecule has 2 N–H and O–H groups in total. The Hall–Kier alpha value is -2.42. The second-order valence-electron chi connectivity index (χ2n) is 5.19. The van der Waals surface area contributed by atoms with Crippen molar-refractivity contribution < 1.29 is 52.0 Å². The number of hydrogen-bond acceptors (Lipinski definition) is 8. The van der Waals surface area contributed by atoms with Gasteiger partial charge in [-0.2, -0.15) is 5.06 Å². The van der Waals surface area contributed by atoms with E-state index >= 15 is 0 Å². The first-order valence-corrected chi connectivity index (χ1v) is 6.72. The number of aliphatic carboxylic acids is 1. The molecule has 25 heavy (non-hydrogen) atoms. The minimum atomic E-state index is -2.79. The Morgan fingerprint density at radius 2 is 2.20 bits per heavy atom. The molecule has 0 aromatic carbocycles. The number of rotatable bonds is 5. The number of hydrogen-bond donors (Lipinski definition) is 1. The number of hydroxylamine groups is 2. The molecule has 1 saturated heterocycles. The van der Waals surface area contributed by atoms with Gasteiger partial charge in [0.1, 0.15) is 12.0 Å². The smallest absolute Gasteiger partial charge is 0.544 e. The van der Waals surface area contributed by atoms with Crippen LogP contribution in [0.5, 0.6) is 0 Å².